The minimum absolute atomic E-state index is 0.280. The van der Waals surface area contributed by atoms with Gasteiger partial charge in [-0.2, -0.15) is 0 Å². The van der Waals surface area contributed by atoms with Crippen LogP contribution in [0.3, 0.4) is 0 Å². The first kappa shape index (κ1) is 14.6. The normalized spacial score (nSPS) is 12.2. The molecule has 0 aliphatic rings. The number of hydrogen-bond donors (Lipinski definition) is 1. The van der Waals surface area contributed by atoms with Gasteiger partial charge in [-0.15, -0.1) is 0 Å². The van der Waals surface area contributed by atoms with E-state index in [2.05, 4.69) is 32.0 Å². The van der Waals surface area contributed by atoms with Gasteiger partial charge in [0.2, 0.25) is 0 Å². The SMILES string of the molecule is CCc1ccc(C(O)COc2ccccc2CC)cc1. The minimum atomic E-state index is -0.592. The van der Waals surface area contributed by atoms with E-state index in [9.17, 15) is 5.11 Å². The van der Waals surface area contributed by atoms with Crippen LogP contribution in [0.5, 0.6) is 5.75 Å². The minimum Gasteiger partial charge on any atom is -0.490 e. The van der Waals surface area contributed by atoms with Crippen molar-refractivity contribution < 1.29 is 9.84 Å². The molecule has 0 saturated heterocycles. The lowest BCUT2D eigenvalue weighted by Crippen LogP contribution is -2.10. The molecule has 1 atom stereocenters. The fourth-order valence-electron chi connectivity index (χ4n) is 2.18. The van der Waals surface area contributed by atoms with Crippen LogP contribution in [0, 0.1) is 0 Å². The van der Waals surface area contributed by atoms with Crippen LogP contribution in [0.2, 0.25) is 0 Å². The molecule has 106 valence electrons. The summed E-state index contributed by atoms with van der Waals surface area (Å²) in [6, 6.07) is 16.0. The molecule has 2 rings (SSSR count). The summed E-state index contributed by atoms with van der Waals surface area (Å²) in [6.45, 7) is 4.50. The van der Waals surface area contributed by atoms with Crippen LogP contribution in [0.1, 0.15) is 36.6 Å². The molecule has 0 bridgehead atoms. The van der Waals surface area contributed by atoms with E-state index in [0.717, 1.165) is 24.2 Å². The Kier molecular flexibility index (Phi) is 5.19. The fourth-order valence-corrected chi connectivity index (χ4v) is 2.18. The van der Waals surface area contributed by atoms with Crippen LogP contribution < -0.4 is 4.74 Å². The molecule has 0 fully saturated rings. The summed E-state index contributed by atoms with van der Waals surface area (Å²) < 4.78 is 5.75. The van der Waals surface area contributed by atoms with E-state index in [1.54, 1.807) is 0 Å². The van der Waals surface area contributed by atoms with E-state index in [1.807, 2.05) is 30.3 Å². The van der Waals surface area contributed by atoms with Crippen molar-refractivity contribution in [2.24, 2.45) is 0 Å². The molecule has 0 radical (unpaired) electrons. The standard InChI is InChI=1S/C18H22O2/c1-3-14-9-11-16(12-10-14)17(19)13-20-18-8-6-5-7-15(18)4-2/h5-12,17,19H,3-4,13H2,1-2H3. The highest BCUT2D eigenvalue weighted by atomic mass is 16.5. The van der Waals surface area contributed by atoms with Crippen molar-refractivity contribution in [3.05, 3.63) is 65.2 Å². The van der Waals surface area contributed by atoms with Gasteiger partial charge in [0.15, 0.2) is 0 Å². The lowest BCUT2D eigenvalue weighted by Gasteiger charge is -2.15. The Morgan fingerprint density at radius 3 is 2.30 bits per heavy atom. The molecule has 1 N–H and O–H groups in total. The van der Waals surface area contributed by atoms with Crippen molar-refractivity contribution in [3.63, 3.8) is 0 Å². The van der Waals surface area contributed by atoms with Gasteiger partial charge in [-0.3, -0.25) is 0 Å². The number of aryl methyl sites for hydroxylation is 2. The third-order valence-electron chi connectivity index (χ3n) is 3.52. The summed E-state index contributed by atoms with van der Waals surface area (Å²) in [7, 11) is 0. The number of aliphatic hydroxyl groups is 1. The number of rotatable bonds is 6. The highest BCUT2D eigenvalue weighted by Crippen LogP contribution is 2.21. The second-order valence-electron chi connectivity index (χ2n) is 4.88. The van der Waals surface area contributed by atoms with Gasteiger partial charge in [0.05, 0.1) is 0 Å². The van der Waals surface area contributed by atoms with Gasteiger partial charge >= 0.3 is 0 Å². The highest BCUT2D eigenvalue weighted by molar-refractivity contribution is 5.33. The van der Waals surface area contributed by atoms with E-state index in [-0.39, 0.29) is 6.61 Å². The van der Waals surface area contributed by atoms with Gasteiger partial charge in [0.1, 0.15) is 18.5 Å². The largest absolute Gasteiger partial charge is 0.490 e. The summed E-state index contributed by atoms with van der Waals surface area (Å²) in [5.41, 5.74) is 3.34. The van der Waals surface area contributed by atoms with Crippen molar-refractivity contribution in [2.75, 3.05) is 6.61 Å². The maximum Gasteiger partial charge on any atom is 0.122 e. The maximum absolute atomic E-state index is 10.2. The van der Waals surface area contributed by atoms with Gasteiger partial charge in [-0.1, -0.05) is 56.3 Å². The fraction of sp³-hybridized carbons (Fsp3) is 0.333. The summed E-state index contributed by atoms with van der Waals surface area (Å²) in [5.74, 6) is 0.860. The predicted molar refractivity (Wildman–Crippen MR) is 82.1 cm³/mol. The Balaban J connectivity index is 1.98. The van der Waals surface area contributed by atoms with Crippen LogP contribution in [0.4, 0.5) is 0 Å². The van der Waals surface area contributed by atoms with Crippen molar-refractivity contribution in [1.82, 2.24) is 0 Å². The highest BCUT2D eigenvalue weighted by Gasteiger charge is 2.09. The third-order valence-corrected chi connectivity index (χ3v) is 3.52. The number of para-hydroxylation sites is 1. The molecule has 0 aromatic heterocycles. The lowest BCUT2D eigenvalue weighted by molar-refractivity contribution is 0.107. The molecule has 20 heavy (non-hydrogen) atoms. The van der Waals surface area contributed by atoms with Crippen molar-refractivity contribution in [2.45, 2.75) is 32.8 Å². The Hall–Kier alpha value is -1.80. The van der Waals surface area contributed by atoms with E-state index >= 15 is 0 Å². The zero-order valence-electron chi connectivity index (χ0n) is 12.2. The van der Waals surface area contributed by atoms with Crippen LogP contribution >= 0.6 is 0 Å². The molecule has 2 nitrogen and oxygen atoms in total. The molecule has 1 unspecified atom stereocenters. The molecule has 0 aliphatic heterocycles. The third kappa shape index (κ3) is 3.61. The predicted octanol–water partition coefficient (Wildman–Crippen LogP) is 3.92. The van der Waals surface area contributed by atoms with E-state index in [0.29, 0.717) is 0 Å². The van der Waals surface area contributed by atoms with E-state index in [1.165, 1.54) is 11.1 Å². The van der Waals surface area contributed by atoms with Crippen molar-refractivity contribution >= 4 is 0 Å². The lowest BCUT2D eigenvalue weighted by atomic mass is 10.1. The Morgan fingerprint density at radius 1 is 0.950 bits per heavy atom. The molecule has 0 amide bonds. The zero-order valence-corrected chi connectivity index (χ0v) is 12.2. The van der Waals surface area contributed by atoms with Gasteiger partial charge in [0, 0.05) is 0 Å². The quantitative estimate of drug-likeness (QED) is 0.862. The molecular formula is C18H22O2. The van der Waals surface area contributed by atoms with Gasteiger partial charge in [-0.25, -0.2) is 0 Å². The van der Waals surface area contributed by atoms with Crippen LogP contribution in [-0.4, -0.2) is 11.7 Å². The Bertz CT molecular complexity index is 531. The zero-order chi connectivity index (χ0) is 14.4. The molecular weight excluding hydrogens is 248 g/mol. The summed E-state index contributed by atoms with van der Waals surface area (Å²) in [6.07, 6.45) is 1.35. The average Bonchev–Trinajstić information content (AvgIpc) is 2.53. The van der Waals surface area contributed by atoms with E-state index < -0.39 is 6.10 Å². The van der Waals surface area contributed by atoms with Crippen LogP contribution in [-0.2, 0) is 12.8 Å². The Morgan fingerprint density at radius 2 is 1.65 bits per heavy atom. The second kappa shape index (κ2) is 7.11. The molecule has 2 aromatic rings. The summed E-state index contributed by atoms with van der Waals surface area (Å²) >= 11 is 0. The summed E-state index contributed by atoms with van der Waals surface area (Å²) in [4.78, 5) is 0. The second-order valence-corrected chi connectivity index (χ2v) is 4.88. The first-order valence-electron chi connectivity index (χ1n) is 7.22. The van der Waals surface area contributed by atoms with Gasteiger partial charge < -0.3 is 9.84 Å². The first-order valence-corrected chi connectivity index (χ1v) is 7.22. The van der Waals surface area contributed by atoms with Crippen molar-refractivity contribution in [1.29, 1.82) is 0 Å². The molecule has 0 aliphatic carbocycles. The van der Waals surface area contributed by atoms with Gasteiger partial charge in [-0.05, 0) is 35.6 Å². The van der Waals surface area contributed by atoms with Crippen molar-refractivity contribution in [3.8, 4) is 5.75 Å². The number of hydrogen-bond acceptors (Lipinski definition) is 2. The summed E-state index contributed by atoms with van der Waals surface area (Å²) in [5, 5.41) is 10.2. The molecule has 2 aromatic carbocycles. The van der Waals surface area contributed by atoms with Crippen LogP contribution in [0.25, 0.3) is 0 Å². The number of aliphatic hydroxyl groups excluding tert-OH is 1. The average molecular weight is 270 g/mol. The number of ether oxygens (including phenoxy) is 1. The van der Waals surface area contributed by atoms with E-state index in [4.69, 9.17) is 4.74 Å². The first-order chi connectivity index (χ1) is 9.74. The molecule has 0 spiro atoms. The topological polar surface area (TPSA) is 29.5 Å². The van der Waals surface area contributed by atoms with Gasteiger partial charge in [0.25, 0.3) is 0 Å². The monoisotopic (exact) mass is 270 g/mol. The Labute approximate surface area is 121 Å². The smallest absolute Gasteiger partial charge is 0.122 e. The van der Waals surface area contributed by atoms with Crippen LogP contribution in [0.15, 0.2) is 48.5 Å². The number of benzene rings is 2. The molecule has 0 saturated carbocycles. The molecule has 2 heteroatoms. The molecule has 0 heterocycles. The maximum atomic E-state index is 10.2.